The lowest BCUT2D eigenvalue weighted by Crippen LogP contribution is -2.07. The van der Waals surface area contributed by atoms with Crippen molar-refractivity contribution in [2.75, 3.05) is 0 Å². The minimum atomic E-state index is 0.370. The zero-order valence-electron chi connectivity index (χ0n) is 15.2. The number of halogens is 6. The van der Waals surface area contributed by atoms with E-state index >= 15 is 0 Å². The summed E-state index contributed by atoms with van der Waals surface area (Å²) in [6.07, 6.45) is 2.55. The average molecular weight is 508 g/mol. The van der Waals surface area contributed by atoms with E-state index in [-0.39, 0.29) is 0 Å². The largest absolute Gasteiger partial charge is 0.250 e. The molecule has 2 aromatic carbocycles. The molecule has 0 N–H and O–H groups in total. The van der Waals surface area contributed by atoms with Gasteiger partial charge < -0.3 is 0 Å². The number of aliphatic imine (C=N–C) groups is 3. The van der Waals surface area contributed by atoms with Gasteiger partial charge in [-0.25, -0.2) is 15.0 Å². The fourth-order valence-electron chi connectivity index (χ4n) is 2.63. The van der Waals surface area contributed by atoms with Gasteiger partial charge in [0.05, 0.1) is 42.9 Å². The fraction of sp³-hybridized carbons (Fsp3) is 0.150. The second kappa shape index (κ2) is 9.38. The first-order valence-electron chi connectivity index (χ1n) is 8.34. The Hall–Kier alpha value is -1.07. The molecule has 150 valence electrons. The summed E-state index contributed by atoms with van der Waals surface area (Å²) < 4.78 is 0. The third kappa shape index (κ3) is 5.35. The van der Waals surface area contributed by atoms with Gasteiger partial charge in [0.15, 0.2) is 0 Å². The maximum absolute atomic E-state index is 6.21. The van der Waals surface area contributed by atoms with Gasteiger partial charge in [0.1, 0.15) is 11.4 Å². The number of hydrogen-bond acceptors (Lipinski definition) is 3. The molecule has 0 saturated heterocycles. The van der Waals surface area contributed by atoms with Crippen LogP contribution in [0.2, 0.25) is 30.1 Å². The molecule has 0 saturated carbocycles. The number of rotatable bonds is 4. The van der Waals surface area contributed by atoms with Crippen LogP contribution in [0.15, 0.2) is 51.0 Å². The van der Waals surface area contributed by atoms with Crippen molar-refractivity contribution in [3.63, 3.8) is 0 Å². The average Bonchev–Trinajstić information content (AvgIpc) is 3.11. The summed E-state index contributed by atoms with van der Waals surface area (Å²) in [5, 5.41) is 2.38. The van der Waals surface area contributed by atoms with E-state index in [1.807, 2.05) is 19.9 Å². The van der Waals surface area contributed by atoms with Crippen LogP contribution in [0.1, 0.15) is 20.3 Å². The topological polar surface area (TPSA) is 37.1 Å². The molecule has 29 heavy (non-hydrogen) atoms. The Morgan fingerprint density at radius 2 is 1.14 bits per heavy atom. The molecule has 2 aromatic rings. The molecule has 0 amide bonds. The molecule has 0 aromatic heterocycles. The maximum Gasteiger partial charge on any atom is 0.101 e. The van der Waals surface area contributed by atoms with Gasteiger partial charge in [-0.05, 0) is 38.1 Å². The summed E-state index contributed by atoms with van der Waals surface area (Å²) in [6, 6.07) is 6.37. The standard InChI is InChI=1S/C20H13Cl6N3/c1-9(27-19-13(23)5-11(21)6-14(19)24)17-3-4-18(29-17)10(2)28-20-15(25)7-12(22)8-16(20)26/h3,5-8H,4H2,1-2H3. The van der Waals surface area contributed by atoms with Crippen LogP contribution >= 0.6 is 69.6 Å². The Balaban J connectivity index is 1.88. The number of benzene rings is 2. The smallest absolute Gasteiger partial charge is 0.101 e. The molecule has 3 nitrogen and oxygen atoms in total. The summed E-state index contributed by atoms with van der Waals surface area (Å²) in [7, 11) is 0. The van der Waals surface area contributed by atoms with Crippen LogP contribution < -0.4 is 0 Å². The normalized spacial score (nSPS) is 14.9. The molecule has 1 heterocycles. The monoisotopic (exact) mass is 505 g/mol. The van der Waals surface area contributed by atoms with Crippen molar-refractivity contribution in [3.8, 4) is 0 Å². The van der Waals surface area contributed by atoms with E-state index in [0.717, 1.165) is 5.71 Å². The second-order valence-electron chi connectivity index (χ2n) is 6.18. The van der Waals surface area contributed by atoms with Crippen molar-refractivity contribution >= 4 is 98.1 Å². The maximum atomic E-state index is 6.21. The molecule has 0 spiro atoms. The van der Waals surface area contributed by atoms with Crippen LogP contribution in [0.4, 0.5) is 11.4 Å². The van der Waals surface area contributed by atoms with Crippen molar-refractivity contribution in [1.29, 1.82) is 0 Å². The Morgan fingerprint density at radius 1 is 0.724 bits per heavy atom. The minimum Gasteiger partial charge on any atom is -0.250 e. The summed E-state index contributed by atoms with van der Waals surface area (Å²) >= 11 is 36.7. The Kier molecular flexibility index (Phi) is 7.32. The number of nitrogens with zero attached hydrogens (tertiary/aromatic N) is 3. The molecule has 3 rings (SSSR count). The van der Waals surface area contributed by atoms with Gasteiger partial charge >= 0.3 is 0 Å². The summed E-state index contributed by atoms with van der Waals surface area (Å²) in [5.41, 5.74) is 3.76. The molecular weight excluding hydrogens is 495 g/mol. The minimum absolute atomic E-state index is 0.370. The Morgan fingerprint density at radius 3 is 1.59 bits per heavy atom. The predicted octanol–water partition coefficient (Wildman–Crippen LogP) is 9.22. The first-order valence-corrected chi connectivity index (χ1v) is 10.6. The van der Waals surface area contributed by atoms with Gasteiger partial charge in [-0.1, -0.05) is 75.7 Å². The van der Waals surface area contributed by atoms with Gasteiger partial charge in [-0.3, -0.25) is 0 Å². The van der Waals surface area contributed by atoms with E-state index in [4.69, 9.17) is 69.6 Å². The molecule has 9 heteroatoms. The van der Waals surface area contributed by atoms with E-state index < -0.39 is 0 Å². The second-order valence-corrected chi connectivity index (χ2v) is 8.68. The molecule has 1 aliphatic heterocycles. The summed E-state index contributed by atoms with van der Waals surface area (Å²) in [6.45, 7) is 3.68. The van der Waals surface area contributed by atoms with Crippen molar-refractivity contribution < 1.29 is 0 Å². The van der Waals surface area contributed by atoms with E-state index in [0.29, 0.717) is 65.1 Å². The van der Waals surface area contributed by atoms with Gasteiger partial charge in [-0.15, -0.1) is 0 Å². The predicted molar refractivity (Wildman–Crippen MR) is 129 cm³/mol. The van der Waals surface area contributed by atoms with Gasteiger partial charge in [0.25, 0.3) is 0 Å². The highest BCUT2D eigenvalue weighted by atomic mass is 35.5. The van der Waals surface area contributed by atoms with Crippen molar-refractivity contribution in [2.45, 2.75) is 20.3 Å². The molecule has 0 radical (unpaired) electrons. The van der Waals surface area contributed by atoms with Crippen molar-refractivity contribution in [3.05, 3.63) is 66.2 Å². The van der Waals surface area contributed by atoms with Crippen LogP contribution in [0.5, 0.6) is 0 Å². The van der Waals surface area contributed by atoms with Crippen LogP contribution in [-0.4, -0.2) is 17.1 Å². The zero-order chi connectivity index (χ0) is 21.3. The zero-order valence-corrected chi connectivity index (χ0v) is 19.7. The molecule has 0 bridgehead atoms. The van der Waals surface area contributed by atoms with Gasteiger partial charge in [-0.2, -0.15) is 0 Å². The molecule has 0 aliphatic carbocycles. The third-order valence-electron chi connectivity index (χ3n) is 4.05. The first kappa shape index (κ1) is 22.6. The summed E-state index contributed by atoms with van der Waals surface area (Å²) in [5.74, 6) is 0. The van der Waals surface area contributed by atoms with Crippen LogP contribution in [0, 0.1) is 0 Å². The highest BCUT2D eigenvalue weighted by Crippen LogP contribution is 2.38. The van der Waals surface area contributed by atoms with Gasteiger partial charge in [0.2, 0.25) is 0 Å². The van der Waals surface area contributed by atoms with E-state index in [1.54, 1.807) is 24.3 Å². The lowest BCUT2D eigenvalue weighted by molar-refractivity contribution is 1.41. The molecule has 0 atom stereocenters. The first-order chi connectivity index (χ1) is 13.7. The highest BCUT2D eigenvalue weighted by molar-refractivity contribution is 6.46. The van der Waals surface area contributed by atoms with Crippen LogP contribution in [0.3, 0.4) is 0 Å². The lowest BCUT2D eigenvalue weighted by atomic mass is 10.2. The van der Waals surface area contributed by atoms with E-state index in [1.165, 1.54) is 0 Å². The van der Waals surface area contributed by atoms with Crippen LogP contribution in [-0.2, 0) is 0 Å². The molecular formula is C20H13Cl6N3. The Labute approximate surface area is 198 Å². The number of allylic oxidation sites excluding steroid dienone is 2. The summed E-state index contributed by atoms with van der Waals surface area (Å²) in [4.78, 5) is 13.7. The number of hydrogen-bond donors (Lipinski definition) is 0. The fourth-order valence-corrected chi connectivity index (χ4v) is 4.43. The van der Waals surface area contributed by atoms with Crippen molar-refractivity contribution in [1.82, 2.24) is 0 Å². The third-order valence-corrected chi connectivity index (χ3v) is 5.64. The van der Waals surface area contributed by atoms with Gasteiger partial charge in [0, 0.05) is 16.5 Å². The van der Waals surface area contributed by atoms with Crippen molar-refractivity contribution in [2.24, 2.45) is 15.0 Å². The van der Waals surface area contributed by atoms with E-state index in [9.17, 15) is 0 Å². The molecule has 1 aliphatic rings. The SMILES string of the molecule is CC(=Nc1c(Cl)cc(Cl)cc1Cl)C1=CCC(C(C)=Nc2c(Cl)cc(Cl)cc2Cl)=N1. The quantitative estimate of drug-likeness (QED) is 0.370. The molecule has 0 fully saturated rings. The lowest BCUT2D eigenvalue weighted by Gasteiger charge is -2.06. The van der Waals surface area contributed by atoms with E-state index in [2.05, 4.69) is 15.0 Å². The molecule has 0 unspecified atom stereocenters. The highest BCUT2D eigenvalue weighted by Gasteiger charge is 2.16. The van der Waals surface area contributed by atoms with Crippen LogP contribution in [0.25, 0.3) is 0 Å². The Bertz CT molecular complexity index is 1070.